The van der Waals surface area contributed by atoms with Crippen LogP contribution >= 0.6 is 0 Å². The minimum absolute atomic E-state index is 0.311. The van der Waals surface area contributed by atoms with Crippen LogP contribution in [0.4, 0.5) is 0 Å². The molecule has 0 aliphatic heterocycles. The van der Waals surface area contributed by atoms with E-state index in [0.717, 1.165) is 17.6 Å². The van der Waals surface area contributed by atoms with Gasteiger partial charge >= 0.3 is 5.97 Å². The molecule has 0 fully saturated rings. The summed E-state index contributed by atoms with van der Waals surface area (Å²) < 4.78 is 7.14. The molecule has 0 bridgehead atoms. The van der Waals surface area contributed by atoms with Crippen LogP contribution in [0.2, 0.25) is 0 Å². The van der Waals surface area contributed by atoms with Crippen molar-refractivity contribution in [1.29, 1.82) is 0 Å². The zero-order valence-corrected chi connectivity index (χ0v) is 13.7. The van der Waals surface area contributed by atoms with Gasteiger partial charge in [0.05, 0.1) is 23.9 Å². The molecular weight excluding hydrogens is 286 g/mol. The SMILES string of the molecule is COC(=O)c1ccccc1-n1c(CC(C)C)cc2ccccc21. The van der Waals surface area contributed by atoms with Crippen molar-refractivity contribution in [1.82, 2.24) is 4.57 Å². The molecule has 0 atom stereocenters. The molecule has 2 aromatic carbocycles. The quantitative estimate of drug-likeness (QED) is 0.659. The van der Waals surface area contributed by atoms with Gasteiger partial charge in [-0.1, -0.05) is 44.2 Å². The standard InChI is InChI=1S/C20H21NO2/c1-14(2)12-16-13-15-8-4-6-10-18(15)21(16)19-11-7-5-9-17(19)20(22)23-3/h4-11,13-14H,12H2,1-3H3. The molecule has 1 heterocycles. The van der Waals surface area contributed by atoms with Crippen molar-refractivity contribution in [2.45, 2.75) is 20.3 Å². The summed E-state index contributed by atoms with van der Waals surface area (Å²) in [5, 5.41) is 1.18. The highest BCUT2D eigenvalue weighted by Gasteiger charge is 2.17. The molecule has 1 aromatic heterocycles. The Labute approximate surface area is 136 Å². The number of hydrogen-bond donors (Lipinski definition) is 0. The van der Waals surface area contributed by atoms with Crippen LogP contribution in [0.15, 0.2) is 54.6 Å². The minimum Gasteiger partial charge on any atom is -0.465 e. The molecule has 3 rings (SSSR count). The van der Waals surface area contributed by atoms with E-state index in [0.29, 0.717) is 11.5 Å². The second-order valence-corrected chi connectivity index (χ2v) is 6.14. The molecule has 3 nitrogen and oxygen atoms in total. The molecule has 0 saturated carbocycles. The summed E-state index contributed by atoms with van der Waals surface area (Å²) in [5.41, 5.74) is 3.77. The van der Waals surface area contributed by atoms with E-state index in [1.54, 1.807) is 0 Å². The first-order valence-electron chi connectivity index (χ1n) is 7.89. The van der Waals surface area contributed by atoms with Crippen molar-refractivity contribution in [3.63, 3.8) is 0 Å². The summed E-state index contributed by atoms with van der Waals surface area (Å²) in [5.74, 6) is 0.220. The molecule has 0 aliphatic carbocycles. The lowest BCUT2D eigenvalue weighted by molar-refractivity contribution is 0.0601. The highest BCUT2D eigenvalue weighted by molar-refractivity contribution is 5.95. The largest absolute Gasteiger partial charge is 0.465 e. The van der Waals surface area contributed by atoms with Crippen LogP contribution in [-0.4, -0.2) is 17.6 Å². The monoisotopic (exact) mass is 307 g/mol. The van der Waals surface area contributed by atoms with E-state index in [2.05, 4.69) is 36.6 Å². The van der Waals surface area contributed by atoms with E-state index >= 15 is 0 Å². The average Bonchev–Trinajstić information content (AvgIpc) is 2.91. The molecule has 0 spiro atoms. The summed E-state index contributed by atoms with van der Waals surface area (Å²) in [4.78, 5) is 12.2. The first-order chi connectivity index (χ1) is 11.1. The van der Waals surface area contributed by atoms with Crippen molar-refractivity contribution in [2.24, 2.45) is 5.92 Å². The number of aromatic nitrogens is 1. The van der Waals surface area contributed by atoms with Crippen molar-refractivity contribution in [3.8, 4) is 5.69 Å². The normalized spacial score (nSPS) is 11.1. The van der Waals surface area contributed by atoms with Gasteiger partial charge in [0.25, 0.3) is 0 Å². The second kappa shape index (κ2) is 6.29. The Bertz CT molecular complexity index is 846. The topological polar surface area (TPSA) is 31.2 Å². The number of methoxy groups -OCH3 is 1. The van der Waals surface area contributed by atoms with Gasteiger partial charge in [-0.15, -0.1) is 0 Å². The highest BCUT2D eigenvalue weighted by atomic mass is 16.5. The molecule has 118 valence electrons. The van der Waals surface area contributed by atoms with E-state index in [4.69, 9.17) is 4.74 Å². The lowest BCUT2D eigenvalue weighted by atomic mass is 10.1. The number of para-hydroxylation sites is 2. The number of rotatable bonds is 4. The predicted octanol–water partition coefficient (Wildman–Crippen LogP) is 4.62. The van der Waals surface area contributed by atoms with Gasteiger partial charge in [-0.2, -0.15) is 0 Å². The predicted molar refractivity (Wildman–Crippen MR) is 93.2 cm³/mol. The van der Waals surface area contributed by atoms with Crippen LogP contribution in [0.25, 0.3) is 16.6 Å². The third-order valence-electron chi connectivity index (χ3n) is 3.95. The van der Waals surface area contributed by atoms with Gasteiger partial charge in [-0.05, 0) is 36.6 Å². The molecule has 0 unspecified atom stereocenters. The second-order valence-electron chi connectivity index (χ2n) is 6.14. The number of carbonyl (C=O) groups excluding carboxylic acids is 1. The molecule has 3 heteroatoms. The first kappa shape index (κ1) is 15.3. The Kier molecular flexibility index (Phi) is 4.20. The lowest BCUT2D eigenvalue weighted by Crippen LogP contribution is -2.10. The number of nitrogens with zero attached hydrogens (tertiary/aromatic N) is 1. The molecular formula is C20H21NO2. The van der Waals surface area contributed by atoms with Crippen molar-refractivity contribution in [2.75, 3.05) is 7.11 Å². The third kappa shape index (κ3) is 2.87. The number of benzene rings is 2. The van der Waals surface area contributed by atoms with E-state index in [-0.39, 0.29) is 5.97 Å². The number of fused-ring (bicyclic) bond motifs is 1. The van der Waals surface area contributed by atoms with Gasteiger partial charge in [0.1, 0.15) is 0 Å². The molecule has 0 amide bonds. The molecule has 0 aliphatic rings. The van der Waals surface area contributed by atoms with Crippen molar-refractivity contribution >= 4 is 16.9 Å². The maximum Gasteiger partial charge on any atom is 0.339 e. The molecule has 3 aromatic rings. The molecule has 0 saturated heterocycles. The minimum atomic E-state index is -0.311. The molecule has 0 N–H and O–H groups in total. The van der Waals surface area contributed by atoms with Crippen LogP contribution < -0.4 is 0 Å². The lowest BCUT2D eigenvalue weighted by Gasteiger charge is -2.15. The van der Waals surface area contributed by atoms with Gasteiger partial charge < -0.3 is 9.30 Å². The van der Waals surface area contributed by atoms with Gasteiger partial charge in [0.15, 0.2) is 0 Å². The van der Waals surface area contributed by atoms with Crippen LogP contribution in [0, 0.1) is 5.92 Å². The fourth-order valence-electron chi connectivity index (χ4n) is 3.02. The van der Waals surface area contributed by atoms with Crippen molar-refractivity contribution in [3.05, 3.63) is 65.9 Å². The Balaban J connectivity index is 2.29. The highest BCUT2D eigenvalue weighted by Crippen LogP contribution is 2.28. The molecule has 0 radical (unpaired) electrons. The zero-order chi connectivity index (χ0) is 16.4. The Hall–Kier alpha value is -2.55. The van der Waals surface area contributed by atoms with Gasteiger partial charge in [0, 0.05) is 11.1 Å². The average molecular weight is 307 g/mol. The van der Waals surface area contributed by atoms with Crippen LogP contribution in [0.3, 0.4) is 0 Å². The maximum absolute atomic E-state index is 12.2. The van der Waals surface area contributed by atoms with E-state index in [1.807, 2.05) is 36.4 Å². The van der Waals surface area contributed by atoms with E-state index < -0.39 is 0 Å². The summed E-state index contributed by atoms with van der Waals surface area (Å²) >= 11 is 0. The summed E-state index contributed by atoms with van der Waals surface area (Å²) in [6.07, 6.45) is 0.949. The smallest absolute Gasteiger partial charge is 0.339 e. The zero-order valence-electron chi connectivity index (χ0n) is 13.7. The van der Waals surface area contributed by atoms with Crippen LogP contribution in [-0.2, 0) is 11.2 Å². The van der Waals surface area contributed by atoms with Crippen LogP contribution in [0.5, 0.6) is 0 Å². The number of carbonyl (C=O) groups is 1. The fraction of sp³-hybridized carbons (Fsp3) is 0.250. The Morgan fingerprint density at radius 2 is 1.78 bits per heavy atom. The van der Waals surface area contributed by atoms with E-state index in [9.17, 15) is 4.79 Å². The first-order valence-corrected chi connectivity index (χ1v) is 7.89. The van der Waals surface area contributed by atoms with Crippen molar-refractivity contribution < 1.29 is 9.53 Å². The summed E-state index contributed by atoms with van der Waals surface area (Å²) in [6.45, 7) is 4.41. The van der Waals surface area contributed by atoms with E-state index in [1.165, 1.54) is 18.2 Å². The van der Waals surface area contributed by atoms with Gasteiger partial charge in [0.2, 0.25) is 0 Å². The van der Waals surface area contributed by atoms with Gasteiger partial charge in [-0.25, -0.2) is 4.79 Å². The fourth-order valence-corrected chi connectivity index (χ4v) is 3.02. The van der Waals surface area contributed by atoms with Crippen LogP contribution in [0.1, 0.15) is 29.9 Å². The summed E-state index contributed by atoms with van der Waals surface area (Å²) in [6, 6.07) is 18.1. The third-order valence-corrected chi connectivity index (χ3v) is 3.95. The molecule has 23 heavy (non-hydrogen) atoms. The summed E-state index contributed by atoms with van der Waals surface area (Å²) in [7, 11) is 1.42. The Morgan fingerprint density at radius 3 is 2.52 bits per heavy atom. The number of ether oxygens (including phenoxy) is 1. The van der Waals surface area contributed by atoms with Gasteiger partial charge in [-0.3, -0.25) is 0 Å². The number of esters is 1. The Morgan fingerprint density at radius 1 is 1.09 bits per heavy atom. The number of hydrogen-bond acceptors (Lipinski definition) is 2. The maximum atomic E-state index is 12.2.